The maximum Gasteiger partial charge on any atom is 0.193 e. The minimum Gasteiger partial charge on any atom is -0.361 e. The van der Waals surface area contributed by atoms with E-state index < -0.39 is 0 Å². The molecular weight excluding hydrogens is 477 g/mol. The van der Waals surface area contributed by atoms with Crippen LogP contribution in [-0.2, 0) is 6.54 Å². The molecule has 6 nitrogen and oxygen atoms in total. The van der Waals surface area contributed by atoms with Crippen molar-refractivity contribution in [3.05, 3.63) is 52.4 Å². The van der Waals surface area contributed by atoms with Gasteiger partial charge in [-0.2, -0.15) is 0 Å². The Bertz CT molecular complexity index is 792. The van der Waals surface area contributed by atoms with Gasteiger partial charge in [0.2, 0.25) is 0 Å². The van der Waals surface area contributed by atoms with E-state index in [0.29, 0.717) is 5.92 Å². The summed E-state index contributed by atoms with van der Waals surface area (Å²) in [6.07, 6.45) is 0. The van der Waals surface area contributed by atoms with Crippen molar-refractivity contribution in [1.29, 1.82) is 0 Å². The van der Waals surface area contributed by atoms with Gasteiger partial charge < -0.3 is 14.7 Å². The van der Waals surface area contributed by atoms with Crippen molar-refractivity contribution in [3.8, 4) is 0 Å². The lowest BCUT2D eigenvalue weighted by atomic mass is 10.00. The van der Waals surface area contributed by atoms with Crippen molar-refractivity contribution in [1.82, 2.24) is 20.3 Å². The van der Waals surface area contributed by atoms with Crippen molar-refractivity contribution in [2.24, 2.45) is 4.99 Å². The van der Waals surface area contributed by atoms with Gasteiger partial charge in [0.15, 0.2) is 5.96 Å². The Hall–Kier alpha value is -1.61. The number of piperazine rings is 1. The smallest absolute Gasteiger partial charge is 0.193 e. The van der Waals surface area contributed by atoms with Crippen LogP contribution in [0.2, 0.25) is 0 Å². The molecule has 2 aromatic rings. The van der Waals surface area contributed by atoms with E-state index in [1.165, 1.54) is 16.7 Å². The molecule has 0 spiro atoms. The minimum atomic E-state index is 0. The summed E-state index contributed by atoms with van der Waals surface area (Å²) in [7, 11) is 1.86. The SMILES string of the molecule is CN=C(NCC(C)c1c(C)noc1C)N1CCN(Cc2cccc(C)c2)CC1.I. The van der Waals surface area contributed by atoms with Crippen LogP contribution < -0.4 is 5.32 Å². The first-order valence-electron chi connectivity index (χ1n) is 10.1. The Morgan fingerprint density at radius 2 is 1.93 bits per heavy atom. The van der Waals surface area contributed by atoms with Gasteiger partial charge in [-0.05, 0) is 26.3 Å². The lowest BCUT2D eigenvalue weighted by Crippen LogP contribution is -2.52. The summed E-state index contributed by atoms with van der Waals surface area (Å²) in [5.74, 6) is 2.21. The van der Waals surface area contributed by atoms with Crippen LogP contribution in [0, 0.1) is 20.8 Å². The number of aliphatic imine (C=N–C) groups is 1. The Balaban J connectivity index is 0.00000300. The van der Waals surface area contributed by atoms with Gasteiger partial charge >= 0.3 is 0 Å². The molecule has 1 aromatic carbocycles. The van der Waals surface area contributed by atoms with E-state index in [1.54, 1.807) is 0 Å². The van der Waals surface area contributed by atoms with Crippen LogP contribution in [0.15, 0.2) is 33.8 Å². The lowest BCUT2D eigenvalue weighted by Gasteiger charge is -2.36. The molecule has 2 heterocycles. The average Bonchev–Trinajstić information content (AvgIpc) is 3.02. The van der Waals surface area contributed by atoms with Crippen LogP contribution in [0.1, 0.15) is 41.0 Å². The second kappa shape index (κ2) is 11.0. The van der Waals surface area contributed by atoms with Crippen molar-refractivity contribution >= 4 is 29.9 Å². The number of nitrogens with one attached hydrogen (secondary N) is 1. The molecule has 1 aliphatic heterocycles. The summed E-state index contributed by atoms with van der Waals surface area (Å²) in [5.41, 5.74) is 4.90. The highest BCUT2D eigenvalue weighted by Crippen LogP contribution is 2.22. The van der Waals surface area contributed by atoms with Crippen molar-refractivity contribution in [2.75, 3.05) is 39.8 Å². The third-order valence-corrected chi connectivity index (χ3v) is 5.52. The Morgan fingerprint density at radius 1 is 1.21 bits per heavy atom. The summed E-state index contributed by atoms with van der Waals surface area (Å²) in [6, 6.07) is 8.80. The first kappa shape index (κ1) is 23.7. The van der Waals surface area contributed by atoms with Crippen LogP contribution in [0.4, 0.5) is 0 Å². The van der Waals surface area contributed by atoms with E-state index in [2.05, 4.69) is 63.4 Å². The Kier molecular flexibility index (Phi) is 8.95. The molecule has 0 saturated carbocycles. The highest BCUT2D eigenvalue weighted by Gasteiger charge is 2.21. The number of hydrogen-bond donors (Lipinski definition) is 1. The number of benzene rings is 1. The fourth-order valence-corrected chi connectivity index (χ4v) is 4.06. The highest BCUT2D eigenvalue weighted by atomic mass is 127. The lowest BCUT2D eigenvalue weighted by molar-refractivity contribution is 0.172. The monoisotopic (exact) mass is 511 g/mol. The van der Waals surface area contributed by atoms with Gasteiger partial charge in [-0.25, -0.2) is 0 Å². The molecule has 0 bridgehead atoms. The topological polar surface area (TPSA) is 56.9 Å². The van der Waals surface area contributed by atoms with Crippen molar-refractivity contribution < 1.29 is 4.52 Å². The van der Waals surface area contributed by atoms with E-state index in [1.807, 2.05) is 20.9 Å². The number of hydrogen-bond acceptors (Lipinski definition) is 4. The van der Waals surface area contributed by atoms with Gasteiger partial charge in [0.05, 0.1) is 5.69 Å². The number of rotatable bonds is 5. The van der Waals surface area contributed by atoms with Gasteiger partial charge in [0.1, 0.15) is 5.76 Å². The first-order chi connectivity index (χ1) is 13.5. The molecule has 1 fully saturated rings. The predicted octanol–water partition coefficient (Wildman–Crippen LogP) is 3.71. The normalized spacial score (nSPS) is 16.4. The summed E-state index contributed by atoms with van der Waals surface area (Å²) in [4.78, 5) is 9.38. The molecule has 1 aliphatic rings. The Labute approximate surface area is 191 Å². The largest absolute Gasteiger partial charge is 0.361 e. The van der Waals surface area contributed by atoms with Crippen LogP contribution in [0.5, 0.6) is 0 Å². The average molecular weight is 511 g/mol. The molecule has 1 saturated heterocycles. The second-order valence-electron chi connectivity index (χ2n) is 7.82. The number of guanidine groups is 1. The van der Waals surface area contributed by atoms with Crippen molar-refractivity contribution in [3.63, 3.8) is 0 Å². The maximum absolute atomic E-state index is 5.31. The molecule has 3 rings (SSSR count). The van der Waals surface area contributed by atoms with E-state index in [9.17, 15) is 0 Å². The molecule has 1 unspecified atom stereocenters. The van der Waals surface area contributed by atoms with E-state index in [-0.39, 0.29) is 24.0 Å². The summed E-state index contributed by atoms with van der Waals surface area (Å²) in [5, 5.41) is 7.62. The third-order valence-electron chi connectivity index (χ3n) is 5.52. The second-order valence-corrected chi connectivity index (χ2v) is 7.82. The molecule has 7 heteroatoms. The van der Waals surface area contributed by atoms with Crippen LogP contribution in [0.25, 0.3) is 0 Å². The number of aryl methyl sites for hydroxylation is 3. The summed E-state index contributed by atoms with van der Waals surface area (Å²) in [6.45, 7) is 14.3. The van der Waals surface area contributed by atoms with E-state index in [4.69, 9.17) is 4.52 Å². The molecule has 0 amide bonds. The molecule has 0 aliphatic carbocycles. The van der Waals surface area contributed by atoms with Gasteiger partial charge in [-0.15, -0.1) is 24.0 Å². The molecule has 1 atom stereocenters. The molecule has 160 valence electrons. The quantitative estimate of drug-likeness (QED) is 0.377. The van der Waals surface area contributed by atoms with E-state index >= 15 is 0 Å². The fourth-order valence-electron chi connectivity index (χ4n) is 4.06. The Morgan fingerprint density at radius 3 is 2.52 bits per heavy atom. The molecule has 0 radical (unpaired) electrons. The van der Waals surface area contributed by atoms with Crippen LogP contribution in [0.3, 0.4) is 0 Å². The zero-order valence-electron chi connectivity index (χ0n) is 18.2. The first-order valence-corrected chi connectivity index (χ1v) is 10.1. The number of halogens is 1. The van der Waals surface area contributed by atoms with Gasteiger partial charge in [0, 0.05) is 57.8 Å². The zero-order chi connectivity index (χ0) is 20.1. The van der Waals surface area contributed by atoms with Gasteiger partial charge in [0.25, 0.3) is 0 Å². The van der Waals surface area contributed by atoms with E-state index in [0.717, 1.165) is 56.7 Å². The predicted molar refractivity (Wildman–Crippen MR) is 129 cm³/mol. The molecule has 1 N–H and O–H groups in total. The van der Waals surface area contributed by atoms with Crippen LogP contribution in [-0.4, -0.2) is 60.7 Å². The highest BCUT2D eigenvalue weighted by molar-refractivity contribution is 14.0. The summed E-state index contributed by atoms with van der Waals surface area (Å²) < 4.78 is 5.31. The fraction of sp³-hybridized carbons (Fsp3) is 0.545. The third kappa shape index (κ3) is 6.18. The number of aromatic nitrogens is 1. The van der Waals surface area contributed by atoms with Crippen molar-refractivity contribution in [2.45, 2.75) is 40.2 Å². The molecule has 1 aromatic heterocycles. The summed E-state index contributed by atoms with van der Waals surface area (Å²) >= 11 is 0. The molecule has 29 heavy (non-hydrogen) atoms. The molecular formula is C22H34IN5O. The minimum absolute atomic E-state index is 0. The standard InChI is InChI=1S/C22H33N5O.HI/c1-16-7-6-8-20(13-16)15-26-9-11-27(12-10-26)22(23-5)24-14-17(2)21-18(3)25-28-19(21)4;/h6-8,13,17H,9-12,14-15H2,1-5H3,(H,23,24);1H. The zero-order valence-corrected chi connectivity index (χ0v) is 20.6. The number of nitrogens with zero attached hydrogens (tertiary/aromatic N) is 4. The van der Waals surface area contributed by atoms with Gasteiger partial charge in [-0.3, -0.25) is 9.89 Å². The van der Waals surface area contributed by atoms with Crippen LogP contribution >= 0.6 is 24.0 Å². The maximum atomic E-state index is 5.31. The van der Waals surface area contributed by atoms with Gasteiger partial charge in [-0.1, -0.05) is 41.9 Å².